The van der Waals surface area contributed by atoms with Gasteiger partial charge in [0.1, 0.15) is 12.0 Å². The van der Waals surface area contributed by atoms with Gasteiger partial charge >= 0.3 is 0 Å². The van der Waals surface area contributed by atoms with Crippen LogP contribution in [0.15, 0.2) is 18.2 Å². The number of ether oxygens (including phenoxy) is 1. The fourth-order valence-electron chi connectivity index (χ4n) is 1.67. The predicted molar refractivity (Wildman–Crippen MR) is 59.6 cm³/mol. The molecule has 1 aliphatic heterocycles. The molecule has 1 heterocycles. The van der Waals surface area contributed by atoms with Gasteiger partial charge in [0, 0.05) is 24.6 Å². The Kier molecular flexibility index (Phi) is 3.19. The van der Waals surface area contributed by atoms with Gasteiger partial charge in [-0.3, -0.25) is 4.79 Å². The Morgan fingerprint density at radius 3 is 3.06 bits per heavy atom. The smallest absolute Gasteiger partial charge is 0.224 e. The monoisotopic (exact) mass is 219 g/mol. The second kappa shape index (κ2) is 4.79. The lowest BCUT2D eigenvalue weighted by Gasteiger charge is -2.17. The van der Waals surface area contributed by atoms with Crippen LogP contribution in [-0.4, -0.2) is 18.8 Å². The summed E-state index contributed by atoms with van der Waals surface area (Å²) in [5.41, 5.74) is 1.95. The van der Waals surface area contributed by atoms with Crippen LogP contribution >= 0.6 is 0 Å². The zero-order valence-corrected chi connectivity index (χ0v) is 8.86. The number of hydrogen-bond donors (Lipinski definition) is 1. The molecule has 1 aliphatic rings. The summed E-state index contributed by atoms with van der Waals surface area (Å²) in [6.45, 7) is 0.371. The molecule has 0 aromatic heterocycles. The lowest BCUT2D eigenvalue weighted by molar-refractivity contribution is -0.116. The van der Waals surface area contributed by atoms with E-state index in [2.05, 4.69) is 5.32 Å². The number of fused-ring (bicyclic) bond motifs is 1. The number of nitrogens with one attached hydrogen (secondary N) is 1. The molecule has 1 amide bonds. The summed E-state index contributed by atoms with van der Waals surface area (Å²) in [7, 11) is 0. The average molecular weight is 219 g/mol. The van der Waals surface area contributed by atoms with Crippen LogP contribution in [0.3, 0.4) is 0 Å². The highest BCUT2D eigenvalue weighted by molar-refractivity contribution is 5.94. The third kappa shape index (κ3) is 2.39. The van der Waals surface area contributed by atoms with Crippen molar-refractivity contribution in [1.82, 2.24) is 0 Å². The number of aryl methyl sites for hydroxylation is 1. The van der Waals surface area contributed by atoms with Crippen molar-refractivity contribution in [2.45, 2.75) is 19.3 Å². The molecule has 4 nitrogen and oxygen atoms in total. The van der Waals surface area contributed by atoms with Crippen LogP contribution in [0.1, 0.15) is 18.4 Å². The maximum absolute atomic E-state index is 11.2. The summed E-state index contributed by atoms with van der Waals surface area (Å²) in [6, 6.07) is 5.61. The lowest BCUT2D eigenvalue weighted by atomic mass is 10.0. The Morgan fingerprint density at radius 2 is 2.25 bits per heavy atom. The van der Waals surface area contributed by atoms with Crippen molar-refractivity contribution in [1.29, 1.82) is 0 Å². The van der Waals surface area contributed by atoms with Crippen LogP contribution in [0.2, 0.25) is 0 Å². The van der Waals surface area contributed by atoms with Gasteiger partial charge in [-0.2, -0.15) is 0 Å². The Balaban J connectivity index is 2.08. The lowest BCUT2D eigenvalue weighted by Crippen LogP contribution is -2.18. The Labute approximate surface area is 93.6 Å². The summed E-state index contributed by atoms with van der Waals surface area (Å²) in [4.78, 5) is 21.3. The first-order chi connectivity index (χ1) is 7.79. The van der Waals surface area contributed by atoms with Crippen molar-refractivity contribution in [2.24, 2.45) is 0 Å². The molecule has 0 fully saturated rings. The molecule has 0 spiro atoms. The quantitative estimate of drug-likeness (QED) is 0.617. The van der Waals surface area contributed by atoms with Crippen molar-refractivity contribution in [2.75, 3.05) is 11.9 Å². The minimum Gasteiger partial charge on any atom is -0.493 e. The molecule has 0 aliphatic carbocycles. The van der Waals surface area contributed by atoms with Crippen LogP contribution in [0, 0.1) is 0 Å². The highest BCUT2D eigenvalue weighted by atomic mass is 16.5. The maximum Gasteiger partial charge on any atom is 0.224 e. The van der Waals surface area contributed by atoms with E-state index in [9.17, 15) is 9.59 Å². The van der Waals surface area contributed by atoms with E-state index < -0.39 is 0 Å². The first-order valence-electron chi connectivity index (χ1n) is 5.29. The van der Waals surface area contributed by atoms with E-state index in [-0.39, 0.29) is 5.91 Å². The fraction of sp³-hybridized carbons (Fsp3) is 0.333. The van der Waals surface area contributed by atoms with E-state index in [1.807, 2.05) is 12.1 Å². The van der Waals surface area contributed by atoms with E-state index in [0.717, 1.165) is 24.0 Å². The molecule has 4 heteroatoms. The van der Waals surface area contributed by atoms with Crippen LogP contribution in [0.25, 0.3) is 0 Å². The zero-order chi connectivity index (χ0) is 11.4. The van der Waals surface area contributed by atoms with Gasteiger partial charge in [0.25, 0.3) is 0 Å². The molecule has 16 heavy (non-hydrogen) atoms. The topological polar surface area (TPSA) is 55.4 Å². The van der Waals surface area contributed by atoms with Crippen LogP contribution < -0.4 is 10.1 Å². The van der Waals surface area contributed by atoms with Gasteiger partial charge in [0.05, 0.1) is 6.61 Å². The molecule has 2 rings (SSSR count). The van der Waals surface area contributed by atoms with E-state index in [0.29, 0.717) is 25.2 Å². The van der Waals surface area contributed by atoms with Crippen LogP contribution in [-0.2, 0) is 16.0 Å². The van der Waals surface area contributed by atoms with E-state index in [1.54, 1.807) is 6.07 Å². The third-order valence-electron chi connectivity index (χ3n) is 2.48. The van der Waals surface area contributed by atoms with Gasteiger partial charge in [0.2, 0.25) is 5.91 Å². The average Bonchev–Trinajstić information content (AvgIpc) is 2.29. The largest absolute Gasteiger partial charge is 0.493 e. The molecule has 0 saturated carbocycles. The molecular formula is C12H13NO3. The number of anilines is 1. The van der Waals surface area contributed by atoms with E-state index in [1.165, 1.54) is 0 Å². The third-order valence-corrected chi connectivity index (χ3v) is 2.48. The van der Waals surface area contributed by atoms with Crippen molar-refractivity contribution < 1.29 is 14.3 Å². The maximum atomic E-state index is 11.2. The minimum atomic E-state index is 0.0394. The Morgan fingerprint density at radius 1 is 1.38 bits per heavy atom. The highest BCUT2D eigenvalue weighted by Crippen LogP contribution is 2.26. The number of rotatable bonds is 4. The van der Waals surface area contributed by atoms with Gasteiger partial charge in [0.15, 0.2) is 0 Å². The standard InChI is InChI=1S/C12H13NO3/c14-6-1-7-16-10-4-2-9-3-5-12(15)13-11(9)8-10/h2,4,6,8H,1,3,5,7H2,(H,13,15). The first kappa shape index (κ1) is 10.7. The van der Waals surface area contributed by atoms with E-state index >= 15 is 0 Å². The molecule has 1 N–H and O–H groups in total. The van der Waals surface area contributed by atoms with Crippen molar-refractivity contribution in [3.05, 3.63) is 23.8 Å². The highest BCUT2D eigenvalue weighted by Gasteiger charge is 2.14. The summed E-state index contributed by atoms with van der Waals surface area (Å²) in [5, 5.41) is 2.80. The zero-order valence-electron chi connectivity index (χ0n) is 8.86. The van der Waals surface area contributed by atoms with Gasteiger partial charge in [-0.25, -0.2) is 0 Å². The second-order valence-electron chi connectivity index (χ2n) is 3.67. The number of carbonyl (C=O) groups is 2. The molecule has 84 valence electrons. The molecule has 0 bridgehead atoms. The minimum absolute atomic E-state index is 0.0394. The molecule has 1 aromatic carbocycles. The molecular weight excluding hydrogens is 206 g/mol. The summed E-state index contributed by atoms with van der Waals surface area (Å²) in [5.74, 6) is 0.723. The SMILES string of the molecule is O=CCCOc1ccc2c(c1)NC(=O)CC2. The van der Waals surface area contributed by atoms with Gasteiger partial charge in [-0.1, -0.05) is 6.07 Å². The summed E-state index contributed by atoms with van der Waals surface area (Å²) >= 11 is 0. The van der Waals surface area contributed by atoms with Gasteiger partial charge in [-0.05, 0) is 18.1 Å². The van der Waals surface area contributed by atoms with Crippen molar-refractivity contribution >= 4 is 17.9 Å². The normalized spacial score (nSPS) is 13.9. The Hall–Kier alpha value is -1.84. The first-order valence-corrected chi connectivity index (χ1v) is 5.29. The number of hydrogen-bond acceptors (Lipinski definition) is 3. The molecule has 0 radical (unpaired) electrons. The number of amides is 1. The summed E-state index contributed by atoms with van der Waals surface area (Å²) < 4.78 is 5.37. The molecule has 0 saturated heterocycles. The van der Waals surface area contributed by atoms with Crippen LogP contribution in [0.4, 0.5) is 5.69 Å². The molecule has 0 atom stereocenters. The number of benzene rings is 1. The van der Waals surface area contributed by atoms with Gasteiger partial charge < -0.3 is 14.8 Å². The number of aldehydes is 1. The van der Waals surface area contributed by atoms with Gasteiger partial charge in [-0.15, -0.1) is 0 Å². The number of carbonyl (C=O) groups excluding carboxylic acids is 2. The van der Waals surface area contributed by atoms with Crippen molar-refractivity contribution in [3.63, 3.8) is 0 Å². The molecule has 1 aromatic rings. The fourth-order valence-corrected chi connectivity index (χ4v) is 1.67. The molecule has 0 unspecified atom stereocenters. The van der Waals surface area contributed by atoms with E-state index in [4.69, 9.17) is 4.74 Å². The predicted octanol–water partition coefficient (Wildman–Crippen LogP) is 1.54. The van der Waals surface area contributed by atoms with Crippen molar-refractivity contribution in [3.8, 4) is 5.75 Å². The van der Waals surface area contributed by atoms with Crippen LogP contribution in [0.5, 0.6) is 5.75 Å². The summed E-state index contributed by atoms with van der Waals surface area (Å²) in [6.07, 6.45) is 2.51. The Bertz CT molecular complexity index is 415. The second-order valence-corrected chi connectivity index (χ2v) is 3.67.